The highest BCUT2D eigenvalue weighted by Crippen LogP contribution is 2.29. The second-order valence-corrected chi connectivity index (χ2v) is 5.96. The number of nitrogens with zero attached hydrogens (tertiary/aromatic N) is 2. The Hall–Kier alpha value is -0.910. The predicted molar refractivity (Wildman–Crippen MR) is 75.6 cm³/mol. The molecule has 1 aromatic rings. The van der Waals surface area contributed by atoms with Crippen molar-refractivity contribution in [2.24, 2.45) is 5.84 Å². The summed E-state index contributed by atoms with van der Waals surface area (Å²) in [6.07, 6.45) is 8.02. The van der Waals surface area contributed by atoms with Crippen molar-refractivity contribution in [3.05, 3.63) is 18.0 Å². The van der Waals surface area contributed by atoms with Crippen LogP contribution in [0.2, 0.25) is 0 Å². The summed E-state index contributed by atoms with van der Waals surface area (Å²) >= 11 is 0. The third kappa shape index (κ3) is 3.35. The molecule has 19 heavy (non-hydrogen) atoms. The van der Waals surface area contributed by atoms with Crippen molar-refractivity contribution in [2.45, 2.75) is 63.6 Å². The molecule has 0 spiro atoms. The van der Waals surface area contributed by atoms with Gasteiger partial charge in [0.25, 0.3) is 0 Å². The van der Waals surface area contributed by atoms with Crippen molar-refractivity contribution in [2.75, 3.05) is 7.11 Å². The first-order valence-corrected chi connectivity index (χ1v) is 7.12. The highest BCUT2D eigenvalue weighted by molar-refractivity contribution is 5.05. The molecule has 0 aliphatic heterocycles. The summed E-state index contributed by atoms with van der Waals surface area (Å²) in [7, 11) is 1.71. The van der Waals surface area contributed by atoms with Gasteiger partial charge in [-0.25, -0.2) is 0 Å². The summed E-state index contributed by atoms with van der Waals surface area (Å²) < 4.78 is 7.61. The standard InChI is InChI=1S/C14H26N4O/c1-14(2,19-3)13(16-15)10-11-8-9-18(17-11)12-6-4-5-7-12/h8-9,12-13,16H,4-7,10,15H2,1-3H3. The minimum absolute atomic E-state index is 0.0458. The van der Waals surface area contributed by atoms with E-state index in [0.29, 0.717) is 6.04 Å². The first kappa shape index (κ1) is 14.5. The van der Waals surface area contributed by atoms with Gasteiger partial charge in [-0.05, 0) is 32.8 Å². The maximum atomic E-state index is 5.65. The van der Waals surface area contributed by atoms with Gasteiger partial charge in [-0.1, -0.05) is 12.8 Å². The lowest BCUT2D eigenvalue weighted by molar-refractivity contribution is -0.0103. The molecule has 3 N–H and O–H groups in total. The Morgan fingerprint density at radius 1 is 1.53 bits per heavy atom. The summed E-state index contributed by atoms with van der Waals surface area (Å²) in [6.45, 7) is 4.07. The number of ether oxygens (including phenoxy) is 1. The van der Waals surface area contributed by atoms with E-state index in [2.05, 4.69) is 22.4 Å². The monoisotopic (exact) mass is 266 g/mol. The van der Waals surface area contributed by atoms with Crippen LogP contribution in [0.15, 0.2) is 12.3 Å². The fourth-order valence-electron chi connectivity index (χ4n) is 2.72. The molecule has 0 amide bonds. The van der Waals surface area contributed by atoms with Gasteiger partial charge >= 0.3 is 0 Å². The van der Waals surface area contributed by atoms with Crippen molar-refractivity contribution < 1.29 is 4.74 Å². The van der Waals surface area contributed by atoms with E-state index >= 15 is 0 Å². The number of hydrogen-bond donors (Lipinski definition) is 2. The fraction of sp³-hybridized carbons (Fsp3) is 0.786. The van der Waals surface area contributed by atoms with Gasteiger partial charge in [-0.2, -0.15) is 5.10 Å². The first-order chi connectivity index (χ1) is 9.06. The van der Waals surface area contributed by atoms with Crippen molar-refractivity contribution in [3.63, 3.8) is 0 Å². The quantitative estimate of drug-likeness (QED) is 0.608. The topological polar surface area (TPSA) is 65.1 Å². The lowest BCUT2D eigenvalue weighted by Gasteiger charge is -2.32. The Balaban J connectivity index is 2.02. The number of nitrogens with one attached hydrogen (secondary N) is 1. The third-order valence-electron chi connectivity index (χ3n) is 4.34. The number of hydrazine groups is 1. The number of rotatable bonds is 6. The Morgan fingerprint density at radius 2 is 2.21 bits per heavy atom. The van der Waals surface area contributed by atoms with Crippen LogP contribution in [0.4, 0.5) is 0 Å². The lowest BCUT2D eigenvalue weighted by atomic mass is 9.95. The third-order valence-corrected chi connectivity index (χ3v) is 4.34. The molecule has 0 aromatic carbocycles. The van der Waals surface area contributed by atoms with Gasteiger partial charge in [0.05, 0.1) is 23.4 Å². The Bertz CT molecular complexity index is 396. The number of aromatic nitrogens is 2. The summed E-state index contributed by atoms with van der Waals surface area (Å²) in [5.41, 5.74) is 3.60. The molecule has 1 aliphatic rings. The highest BCUT2D eigenvalue weighted by atomic mass is 16.5. The van der Waals surface area contributed by atoms with Crippen LogP contribution in [-0.2, 0) is 11.2 Å². The minimum atomic E-state index is -0.314. The number of methoxy groups -OCH3 is 1. The van der Waals surface area contributed by atoms with Crippen molar-refractivity contribution in [1.29, 1.82) is 0 Å². The van der Waals surface area contributed by atoms with E-state index in [-0.39, 0.29) is 11.6 Å². The van der Waals surface area contributed by atoms with Gasteiger partial charge < -0.3 is 4.74 Å². The van der Waals surface area contributed by atoms with E-state index < -0.39 is 0 Å². The number of hydrogen-bond acceptors (Lipinski definition) is 4. The van der Waals surface area contributed by atoms with Crippen molar-refractivity contribution in [3.8, 4) is 0 Å². The van der Waals surface area contributed by atoms with Crippen LogP contribution in [0, 0.1) is 0 Å². The van der Waals surface area contributed by atoms with E-state index in [1.165, 1.54) is 25.7 Å². The van der Waals surface area contributed by atoms with Crippen molar-refractivity contribution >= 4 is 0 Å². The first-order valence-electron chi connectivity index (χ1n) is 7.12. The van der Waals surface area contributed by atoms with Gasteiger partial charge in [-0.15, -0.1) is 0 Å². The zero-order valence-electron chi connectivity index (χ0n) is 12.2. The largest absolute Gasteiger partial charge is 0.377 e. The minimum Gasteiger partial charge on any atom is -0.377 e. The summed E-state index contributed by atoms with van der Waals surface area (Å²) in [6, 6.07) is 2.73. The Morgan fingerprint density at radius 3 is 2.79 bits per heavy atom. The van der Waals surface area contributed by atoms with Gasteiger partial charge in [0, 0.05) is 19.7 Å². The van der Waals surface area contributed by atoms with Crippen LogP contribution < -0.4 is 11.3 Å². The van der Waals surface area contributed by atoms with Crippen molar-refractivity contribution in [1.82, 2.24) is 15.2 Å². The molecule has 1 fully saturated rings. The molecular formula is C14H26N4O. The molecular weight excluding hydrogens is 240 g/mol. The van der Waals surface area contributed by atoms with Crippen LogP contribution in [0.1, 0.15) is 51.3 Å². The molecule has 0 saturated heterocycles. The van der Waals surface area contributed by atoms with Crippen LogP contribution in [0.25, 0.3) is 0 Å². The molecule has 1 aromatic heterocycles. The maximum absolute atomic E-state index is 5.65. The van der Waals surface area contributed by atoms with Crippen LogP contribution in [0.5, 0.6) is 0 Å². The molecule has 5 nitrogen and oxygen atoms in total. The molecule has 1 unspecified atom stereocenters. The fourth-order valence-corrected chi connectivity index (χ4v) is 2.72. The molecule has 1 heterocycles. The molecule has 0 bridgehead atoms. The van der Waals surface area contributed by atoms with E-state index in [9.17, 15) is 0 Å². The normalized spacial score (nSPS) is 18.9. The summed E-state index contributed by atoms with van der Waals surface area (Å²) in [5.74, 6) is 5.65. The predicted octanol–water partition coefficient (Wildman–Crippen LogP) is 1.80. The molecule has 1 atom stereocenters. The molecule has 0 radical (unpaired) electrons. The number of nitrogens with two attached hydrogens (primary N) is 1. The van der Waals surface area contributed by atoms with Gasteiger partial charge in [0.15, 0.2) is 0 Å². The zero-order chi connectivity index (χ0) is 13.9. The van der Waals surface area contributed by atoms with Crippen LogP contribution >= 0.6 is 0 Å². The SMILES string of the molecule is COC(C)(C)C(Cc1ccn(C2CCCC2)n1)NN. The highest BCUT2D eigenvalue weighted by Gasteiger charge is 2.29. The van der Waals surface area contributed by atoms with E-state index in [0.717, 1.165) is 12.1 Å². The van der Waals surface area contributed by atoms with E-state index in [4.69, 9.17) is 15.7 Å². The Kier molecular flexibility index (Phi) is 4.60. The molecule has 5 heteroatoms. The zero-order valence-corrected chi connectivity index (χ0v) is 12.2. The summed E-state index contributed by atoms with van der Waals surface area (Å²) in [4.78, 5) is 0. The maximum Gasteiger partial charge on any atom is 0.0792 e. The van der Waals surface area contributed by atoms with Crippen LogP contribution in [-0.4, -0.2) is 28.5 Å². The summed E-state index contributed by atoms with van der Waals surface area (Å²) in [5, 5.41) is 4.69. The smallest absolute Gasteiger partial charge is 0.0792 e. The Labute approximate surface area is 115 Å². The molecule has 2 rings (SSSR count). The van der Waals surface area contributed by atoms with Gasteiger partial charge in [0.1, 0.15) is 0 Å². The average Bonchev–Trinajstić information content (AvgIpc) is 3.06. The van der Waals surface area contributed by atoms with E-state index in [1.807, 2.05) is 13.8 Å². The van der Waals surface area contributed by atoms with Crippen LogP contribution in [0.3, 0.4) is 0 Å². The van der Waals surface area contributed by atoms with Gasteiger partial charge in [-0.3, -0.25) is 16.0 Å². The lowest BCUT2D eigenvalue weighted by Crippen LogP contribution is -2.52. The van der Waals surface area contributed by atoms with Gasteiger partial charge in [0.2, 0.25) is 0 Å². The average molecular weight is 266 g/mol. The van der Waals surface area contributed by atoms with E-state index in [1.54, 1.807) is 7.11 Å². The molecule has 1 aliphatic carbocycles. The molecule has 108 valence electrons. The second kappa shape index (κ2) is 6.03. The molecule has 1 saturated carbocycles. The second-order valence-electron chi connectivity index (χ2n) is 5.96.